The Balaban J connectivity index is 1.97. The van der Waals surface area contributed by atoms with Crippen molar-refractivity contribution in [1.82, 2.24) is 4.90 Å². The van der Waals surface area contributed by atoms with Gasteiger partial charge in [-0.1, -0.05) is 32.0 Å². The lowest BCUT2D eigenvalue weighted by molar-refractivity contribution is 0.201. The zero-order valence-electron chi connectivity index (χ0n) is 12.5. The van der Waals surface area contributed by atoms with Gasteiger partial charge >= 0.3 is 0 Å². The van der Waals surface area contributed by atoms with E-state index in [0.717, 1.165) is 0 Å². The molecule has 0 bridgehead atoms. The van der Waals surface area contributed by atoms with Crippen LogP contribution in [0.25, 0.3) is 0 Å². The third kappa shape index (κ3) is 2.27. The number of anilines is 1. The Bertz CT molecular complexity index is 435. The topological polar surface area (TPSA) is 6.48 Å². The molecule has 0 spiro atoms. The molecule has 19 heavy (non-hydrogen) atoms. The predicted octanol–water partition coefficient (Wildman–Crippen LogP) is 3.69. The van der Waals surface area contributed by atoms with E-state index in [1.807, 2.05) is 0 Å². The first-order chi connectivity index (χ1) is 9.18. The van der Waals surface area contributed by atoms with E-state index in [2.05, 4.69) is 55.0 Å². The van der Waals surface area contributed by atoms with Crippen LogP contribution < -0.4 is 4.90 Å². The number of rotatable bonds is 2. The van der Waals surface area contributed by atoms with Crippen LogP contribution in [0.1, 0.15) is 44.7 Å². The van der Waals surface area contributed by atoms with Gasteiger partial charge in [0.2, 0.25) is 0 Å². The van der Waals surface area contributed by atoms with Crippen molar-refractivity contribution < 1.29 is 0 Å². The molecule has 0 radical (unpaired) electrons. The van der Waals surface area contributed by atoms with E-state index in [1.54, 1.807) is 5.56 Å². The predicted molar refractivity (Wildman–Crippen MR) is 81.6 cm³/mol. The Kier molecular flexibility index (Phi) is 3.53. The van der Waals surface area contributed by atoms with Crippen LogP contribution in [0.15, 0.2) is 24.3 Å². The summed E-state index contributed by atoms with van der Waals surface area (Å²) in [4.78, 5) is 5.22. The summed E-state index contributed by atoms with van der Waals surface area (Å²) in [7, 11) is 2.27. The van der Waals surface area contributed by atoms with Gasteiger partial charge in [-0.25, -0.2) is 0 Å². The van der Waals surface area contributed by atoms with Crippen LogP contribution in [0.4, 0.5) is 5.69 Å². The molecule has 2 aliphatic heterocycles. The molecule has 1 fully saturated rings. The van der Waals surface area contributed by atoms with Crippen LogP contribution in [-0.4, -0.2) is 31.1 Å². The second-order valence-electron chi connectivity index (χ2n) is 6.48. The number of benzene rings is 1. The molecule has 2 aliphatic rings. The lowest BCUT2D eigenvalue weighted by atomic mass is 9.85. The summed E-state index contributed by atoms with van der Waals surface area (Å²) >= 11 is 0. The van der Waals surface area contributed by atoms with Gasteiger partial charge in [-0.15, -0.1) is 0 Å². The minimum atomic E-state index is 0.641. The molecule has 0 saturated carbocycles. The molecule has 2 nitrogen and oxygen atoms in total. The van der Waals surface area contributed by atoms with Gasteiger partial charge in [0.25, 0.3) is 0 Å². The lowest BCUT2D eigenvalue weighted by Crippen LogP contribution is -2.44. The van der Waals surface area contributed by atoms with E-state index in [0.29, 0.717) is 18.0 Å². The summed E-state index contributed by atoms with van der Waals surface area (Å²) in [6.45, 7) is 7.29. The van der Waals surface area contributed by atoms with Gasteiger partial charge in [0.1, 0.15) is 0 Å². The van der Waals surface area contributed by atoms with Gasteiger partial charge in [0, 0.05) is 24.8 Å². The third-order valence-electron chi connectivity index (χ3n) is 4.99. The molecule has 0 aromatic heterocycles. The fourth-order valence-corrected chi connectivity index (χ4v) is 3.90. The van der Waals surface area contributed by atoms with Crippen LogP contribution in [0.3, 0.4) is 0 Å². The monoisotopic (exact) mass is 258 g/mol. The van der Waals surface area contributed by atoms with Crippen molar-refractivity contribution in [2.75, 3.05) is 25.0 Å². The number of hydrogen-bond donors (Lipinski definition) is 0. The smallest absolute Gasteiger partial charge is 0.0414 e. The summed E-state index contributed by atoms with van der Waals surface area (Å²) in [5.74, 6) is 0.712. The number of likely N-dealkylation sites (tertiary alicyclic amines) is 1. The molecule has 1 saturated heterocycles. The lowest BCUT2D eigenvalue weighted by Gasteiger charge is -2.45. The Labute approximate surface area is 117 Å². The maximum Gasteiger partial charge on any atom is 0.0414 e. The molecule has 2 unspecified atom stereocenters. The summed E-state index contributed by atoms with van der Waals surface area (Å²) in [5, 5.41) is 0. The van der Waals surface area contributed by atoms with Crippen LogP contribution in [0.2, 0.25) is 0 Å². The van der Waals surface area contributed by atoms with Crippen molar-refractivity contribution in [3.05, 3.63) is 29.8 Å². The fraction of sp³-hybridized carbons (Fsp3) is 0.647. The highest BCUT2D eigenvalue weighted by Gasteiger charge is 2.35. The Morgan fingerprint density at radius 1 is 1.11 bits per heavy atom. The molecule has 2 heterocycles. The standard InChI is InChI=1S/C17H26N2/c1-13(2)16-12-17(19-10-6-7-11-19)14-8-4-5-9-15(14)18(16)3/h4-5,8-9,13,16-17H,6-7,10-12H2,1-3H3. The molecule has 1 aromatic rings. The van der Waals surface area contributed by atoms with E-state index >= 15 is 0 Å². The molecule has 0 aliphatic carbocycles. The first kappa shape index (κ1) is 13.0. The molecule has 2 heteroatoms. The van der Waals surface area contributed by atoms with Crippen LogP contribution in [-0.2, 0) is 0 Å². The molecule has 2 atom stereocenters. The highest BCUT2D eigenvalue weighted by Crippen LogP contribution is 2.42. The number of nitrogens with zero attached hydrogens (tertiary/aromatic N) is 2. The first-order valence-electron chi connectivity index (χ1n) is 7.74. The number of para-hydroxylation sites is 1. The molecule has 1 aromatic carbocycles. The average Bonchev–Trinajstić information content (AvgIpc) is 2.93. The largest absolute Gasteiger partial charge is 0.371 e. The Morgan fingerprint density at radius 2 is 1.79 bits per heavy atom. The van der Waals surface area contributed by atoms with Gasteiger partial charge in [-0.2, -0.15) is 0 Å². The van der Waals surface area contributed by atoms with Crippen LogP contribution in [0.5, 0.6) is 0 Å². The van der Waals surface area contributed by atoms with Crippen molar-refractivity contribution in [2.24, 2.45) is 5.92 Å². The third-order valence-corrected chi connectivity index (χ3v) is 4.99. The summed E-state index contributed by atoms with van der Waals surface area (Å²) in [6.07, 6.45) is 4.03. The van der Waals surface area contributed by atoms with E-state index in [4.69, 9.17) is 0 Å². The maximum atomic E-state index is 2.71. The normalized spacial score (nSPS) is 27.9. The number of hydrogen-bond acceptors (Lipinski definition) is 2. The highest BCUT2D eigenvalue weighted by molar-refractivity contribution is 5.57. The molecule has 0 amide bonds. The Morgan fingerprint density at radius 3 is 2.47 bits per heavy atom. The summed E-state index contributed by atoms with van der Waals surface area (Å²) < 4.78 is 0. The average molecular weight is 258 g/mol. The molecule has 104 valence electrons. The van der Waals surface area contributed by atoms with Crippen molar-refractivity contribution in [3.63, 3.8) is 0 Å². The minimum Gasteiger partial charge on any atom is -0.371 e. The van der Waals surface area contributed by atoms with E-state index in [9.17, 15) is 0 Å². The van der Waals surface area contributed by atoms with Crippen molar-refractivity contribution in [2.45, 2.75) is 45.2 Å². The quantitative estimate of drug-likeness (QED) is 0.798. The van der Waals surface area contributed by atoms with Crippen molar-refractivity contribution in [1.29, 1.82) is 0 Å². The van der Waals surface area contributed by atoms with Crippen molar-refractivity contribution >= 4 is 5.69 Å². The highest BCUT2D eigenvalue weighted by atomic mass is 15.2. The summed E-state index contributed by atoms with van der Waals surface area (Å²) in [6, 6.07) is 10.3. The molecule has 3 rings (SSSR count). The maximum absolute atomic E-state index is 2.71. The SMILES string of the molecule is CC(C)C1CC(N2CCCC2)c2ccccc2N1C. The van der Waals surface area contributed by atoms with Gasteiger partial charge in [-0.05, 0) is 49.9 Å². The fourth-order valence-electron chi connectivity index (χ4n) is 3.90. The van der Waals surface area contributed by atoms with Crippen LogP contribution in [0, 0.1) is 5.92 Å². The Hall–Kier alpha value is -1.02. The van der Waals surface area contributed by atoms with Gasteiger partial charge in [-0.3, -0.25) is 4.90 Å². The van der Waals surface area contributed by atoms with Gasteiger partial charge in [0.05, 0.1) is 0 Å². The van der Waals surface area contributed by atoms with Gasteiger partial charge in [0.15, 0.2) is 0 Å². The molecular weight excluding hydrogens is 232 g/mol. The van der Waals surface area contributed by atoms with Gasteiger partial charge < -0.3 is 4.90 Å². The second-order valence-corrected chi connectivity index (χ2v) is 6.48. The summed E-state index contributed by atoms with van der Waals surface area (Å²) in [5.41, 5.74) is 2.99. The minimum absolute atomic E-state index is 0.641. The first-order valence-corrected chi connectivity index (χ1v) is 7.74. The number of fused-ring (bicyclic) bond motifs is 1. The van der Waals surface area contributed by atoms with E-state index < -0.39 is 0 Å². The van der Waals surface area contributed by atoms with E-state index in [-0.39, 0.29) is 0 Å². The second kappa shape index (κ2) is 5.16. The van der Waals surface area contributed by atoms with Crippen LogP contribution >= 0.6 is 0 Å². The van der Waals surface area contributed by atoms with E-state index in [1.165, 1.54) is 38.0 Å². The molecule has 0 N–H and O–H groups in total. The zero-order chi connectivity index (χ0) is 13.4. The zero-order valence-corrected chi connectivity index (χ0v) is 12.5. The molecular formula is C17H26N2. The van der Waals surface area contributed by atoms with Crippen molar-refractivity contribution in [3.8, 4) is 0 Å².